The maximum Gasteiger partial charge on any atom is 0.169 e. The first-order chi connectivity index (χ1) is 6.69. The van der Waals surface area contributed by atoms with E-state index < -0.39 is 11.9 Å². The van der Waals surface area contributed by atoms with Gasteiger partial charge in [-0.1, -0.05) is 17.7 Å². The van der Waals surface area contributed by atoms with Crippen molar-refractivity contribution in [2.24, 2.45) is 0 Å². The van der Waals surface area contributed by atoms with Crippen LogP contribution in [0.25, 0.3) is 0 Å². The number of ether oxygens (including phenoxy) is 1. The van der Waals surface area contributed by atoms with Crippen LogP contribution < -0.4 is 0 Å². The van der Waals surface area contributed by atoms with Crippen LogP contribution in [0.1, 0.15) is 18.6 Å². The average Bonchev–Trinajstić information content (AvgIpc) is 2.19. The highest BCUT2D eigenvalue weighted by molar-refractivity contribution is 6.30. The van der Waals surface area contributed by atoms with Crippen molar-refractivity contribution >= 4 is 11.6 Å². The Morgan fingerprint density at radius 1 is 1.64 bits per heavy atom. The van der Waals surface area contributed by atoms with Crippen LogP contribution in [0.3, 0.4) is 0 Å². The first kappa shape index (κ1) is 11.0. The molecule has 0 N–H and O–H groups in total. The summed E-state index contributed by atoms with van der Waals surface area (Å²) in [6.07, 6.45) is -0.730. The molecule has 0 heterocycles. The standard InChI is InChI=1S/C10H9ClFNO/c1-2-14-10(6-13)7-3-4-8(11)9(12)5-7/h3-5,10H,2H2,1H3. The smallest absolute Gasteiger partial charge is 0.169 e. The number of hydrogen-bond acceptors (Lipinski definition) is 2. The monoisotopic (exact) mass is 213 g/mol. The van der Waals surface area contributed by atoms with Crippen molar-refractivity contribution in [3.05, 3.63) is 34.6 Å². The molecule has 1 atom stereocenters. The molecular formula is C10H9ClFNO. The van der Waals surface area contributed by atoms with E-state index in [2.05, 4.69) is 0 Å². The van der Waals surface area contributed by atoms with Gasteiger partial charge >= 0.3 is 0 Å². The SMILES string of the molecule is CCOC(C#N)c1ccc(Cl)c(F)c1. The molecule has 1 unspecified atom stereocenters. The second-order valence-corrected chi connectivity index (χ2v) is 3.05. The molecule has 1 aromatic carbocycles. The van der Waals surface area contributed by atoms with Gasteiger partial charge in [-0.05, 0) is 24.6 Å². The van der Waals surface area contributed by atoms with Gasteiger partial charge in [-0.25, -0.2) is 4.39 Å². The van der Waals surface area contributed by atoms with E-state index in [9.17, 15) is 4.39 Å². The van der Waals surface area contributed by atoms with E-state index in [0.29, 0.717) is 12.2 Å². The Balaban J connectivity index is 2.95. The summed E-state index contributed by atoms with van der Waals surface area (Å²) in [4.78, 5) is 0. The summed E-state index contributed by atoms with van der Waals surface area (Å²) >= 11 is 5.51. The summed E-state index contributed by atoms with van der Waals surface area (Å²) in [5, 5.41) is 8.78. The fourth-order valence-corrected chi connectivity index (χ4v) is 1.17. The predicted molar refractivity (Wildman–Crippen MR) is 51.4 cm³/mol. The van der Waals surface area contributed by atoms with Crippen molar-refractivity contribution in [2.75, 3.05) is 6.61 Å². The Hall–Kier alpha value is -1.11. The first-order valence-corrected chi connectivity index (χ1v) is 4.53. The topological polar surface area (TPSA) is 33.0 Å². The lowest BCUT2D eigenvalue weighted by atomic mass is 10.1. The first-order valence-electron chi connectivity index (χ1n) is 4.15. The van der Waals surface area contributed by atoms with Crippen LogP contribution in [0, 0.1) is 17.1 Å². The van der Waals surface area contributed by atoms with E-state index in [4.69, 9.17) is 21.6 Å². The molecular weight excluding hydrogens is 205 g/mol. The van der Waals surface area contributed by atoms with Crippen LogP contribution in [0.15, 0.2) is 18.2 Å². The summed E-state index contributed by atoms with van der Waals surface area (Å²) in [6, 6.07) is 6.14. The van der Waals surface area contributed by atoms with Gasteiger partial charge in [0.1, 0.15) is 5.82 Å². The van der Waals surface area contributed by atoms with E-state index in [1.54, 1.807) is 13.0 Å². The molecule has 74 valence electrons. The zero-order valence-electron chi connectivity index (χ0n) is 7.63. The Kier molecular flexibility index (Phi) is 3.87. The molecule has 0 aliphatic rings. The lowest BCUT2D eigenvalue weighted by molar-refractivity contribution is 0.102. The third-order valence-corrected chi connectivity index (χ3v) is 2.00. The highest BCUT2D eigenvalue weighted by atomic mass is 35.5. The second kappa shape index (κ2) is 4.94. The van der Waals surface area contributed by atoms with Crippen LogP contribution in [-0.4, -0.2) is 6.61 Å². The lowest BCUT2D eigenvalue weighted by Crippen LogP contribution is -2.01. The highest BCUT2D eigenvalue weighted by Crippen LogP contribution is 2.21. The normalized spacial score (nSPS) is 12.1. The zero-order valence-corrected chi connectivity index (χ0v) is 8.38. The highest BCUT2D eigenvalue weighted by Gasteiger charge is 2.11. The molecule has 0 radical (unpaired) electrons. The maximum atomic E-state index is 13.0. The fraction of sp³-hybridized carbons (Fsp3) is 0.300. The van der Waals surface area contributed by atoms with E-state index in [-0.39, 0.29) is 5.02 Å². The molecule has 0 aliphatic heterocycles. The number of nitriles is 1. The fourth-order valence-electron chi connectivity index (χ4n) is 1.05. The van der Waals surface area contributed by atoms with Gasteiger partial charge in [0.25, 0.3) is 0 Å². The van der Waals surface area contributed by atoms with Gasteiger partial charge in [0.05, 0.1) is 11.1 Å². The van der Waals surface area contributed by atoms with Gasteiger partial charge in [0.2, 0.25) is 0 Å². The third kappa shape index (κ3) is 2.44. The quantitative estimate of drug-likeness (QED) is 0.773. The van der Waals surface area contributed by atoms with Crippen LogP contribution in [0.5, 0.6) is 0 Å². The Morgan fingerprint density at radius 3 is 2.86 bits per heavy atom. The molecule has 0 aromatic heterocycles. The summed E-state index contributed by atoms with van der Waals surface area (Å²) in [7, 11) is 0. The van der Waals surface area contributed by atoms with Gasteiger partial charge in [-0.15, -0.1) is 0 Å². The molecule has 0 amide bonds. The molecule has 1 aromatic rings. The van der Waals surface area contributed by atoms with Crippen molar-refractivity contribution in [3.63, 3.8) is 0 Å². The Bertz CT molecular complexity index is 362. The van der Waals surface area contributed by atoms with Gasteiger partial charge < -0.3 is 4.74 Å². The number of benzene rings is 1. The van der Waals surface area contributed by atoms with E-state index in [1.165, 1.54) is 12.1 Å². The summed E-state index contributed by atoms with van der Waals surface area (Å²) in [5.41, 5.74) is 0.483. The van der Waals surface area contributed by atoms with Crippen molar-refractivity contribution < 1.29 is 9.13 Å². The molecule has 0 saturated carbocycles. The molecule has 2 nitrogen and oxygen atoms in total. The maximum absolute atomic E-state index is 13.0. The van der Waals surface area contributed by atoms with E-state index in [0.717, 1.165) is 0 Å². The summed E-state index contributed by atoms with van der Waals surface area (Å²) in [6.45, 7) is 2.18. The van der Waals surface area contributed by atoms with Gasteiger partial charge in [-0.2, -0.15) is 5.26 Å². The van der Waals surface area contributed by atoms with Crippen LogP contribution in [0.4, 0.5) is 4.39 Å². The van der Waals surface area contributed by atoms with Crippen molar-refractivity contribution in [3.8, 4) is 6.07 Å². The van der Waals surface area contributed by atoms with Crippen molar-refractivity contribution in [1.82, 2.24) is 0 Å². The number of rotatable bonds is 3. The van der Waals surface area contributed by atoms with Crippen molar-refractivity contribution in [1.29, 1.82) is 5.26 Å². The number of halogens is 2. The molecule has 0 bridgehead atoms. The lowest BCUT2D eigenvalue weighted by Gasteiger charge is -2.09. The summed E-state index contributed by atoms with van der Waals surface area (Å²) in [5.74, 6) is -0.538. The van der Waals surface area contributed by atoms with Gasteiger partial charge in [0.15, 0.2) is 6.10 Å². The van der Waals surface area contributed by atoms with Crippen molar-refractivity contribution in [2.45, 2.75) is 13.0 Å². The Labute approximate surface area is 86.9 Å². The number of hydrogen-bond donors (Lipinski definition) is 0. The molecule has 0 fully saturated rings. The summed E-state index contributed by atoms with van der Waals surface area (Å²) < 4.78 is 18.1. The molecule has 14 heavy (non-hydrogen) atoms. The van der Waals surface area contributed by atoms with E-state index >= 15 is 0 Å². The van der Waals surface area contributed by atoms with Crippen LogP contribution in [0.2, 0.25) is 5.02 Å². The predicted octanol–water partition coefficient (Wildman–Crippen LogP) is 3.08. The Morgan fingerprint density at radius 2 is 2.36 bits per heavy atom. The minimum Gasteiger partial charge on any atom is -0.359 e. The van der Waals surface area contributed by atoms with Gasteiger partial charge in [-0.3, -0.25) is 0 Å². The van der Waals surface area contributed by atoms with Gasteiger partial charge in [0, 0.05) is 6.61 Å². The van der Waals surface area contributed by atoms with Crippen LogP contribution >= 0.6 is 11.6 Å². The zero-order chi connectivity index (χ0) is 10.6. The third-order valence-electron chi connectivity index (χ3n) is 1.70. The molecule has 0 aliphatic carbocycles. The van der Waals surface area contributed by atoms with Crippen LogP contribution in [-0.2, 0) is 4.74 Å². The second-order valence-electron chi connectivity index (χ2n) is 2.64. The number of nitrogens with zero attached hydrogens (tertiary/aromatic N) is 1. The largest absolute Gasteiger partial charge is 0.359 e. The molecule has 1 rings (SSSR count). The average molecular weight is 214 g/mol. The molecule has 4 heteroatoms. The van der Waals surface area contributed by atoms with E-state index in [1.807, 2.05) is 6.07 Å². The molecule has 0 spiro atoms. The molecule has 0 saturated heterocycles. The minimum atomic E-state index is -0.730. The minimum absolute atomic E-state index is 0.0435.